The van der Waals surface area contributed by atoms with Crippen molar-refractivity contribution < 1.29 is 22.4 Å². The smallest absolute Gasteiger partial charge is 0.277 e. The van der Waals surface area contributed by atoms with Crippen LogP contribution in [0, 0.1) is 5.92 Å². The number of thioether (sulfide) groups is 1. The number of piperazine rings is 1. The fraction of sp³-hybridized carbons (Fsp3) is 0.556. The number of amides is 2. The number of thiophene rings is 1. The largest absolute Gasteiger partial charge is 0.416 e. The van der Waals surface area contributed by atoms with Crippen LogP contribution in [0.3, 0.4) is 0 Å². The Morgan fingerprint density at radius 3 is 2.63 bits per heavy atom. The second-order valence-electron chi connectivity index (χ2n) is 7.37. The number of sulfone groups is 1. The van der Waals surface area contributed by atoms with Crippen molar-refractivity contribution in [3.05, 3.63) is 28.3 Å². The molecule has 2 saturated heterocycles. The van der Waals surface area contributed by atoms with Gasteiger partial charge >= 0.3 is 0 Å². The maximum atomic E-state index is 12.5. The first-order chi connectivity index (χ1) is 14.4. The highest BCUT2D eigenvalue weighted by Crippen LogP contribution is 2.24. The standard InChI is InChI=1S/C18H22N4O5S3/c23-16(21-4-6-22(7-5-21)17(24)14-2-1-8-28-14)11-29-18-20-19-15(27-18)10-13-3-9-30(25,26)12-13/h1-2,8,13H,3-7,9-12H2. The third-order valence-corrected chi connectivity index (χ3v) is 8.71. The maximum Gasteiger partial charge on any atom is 0.277 e. The molecule has 2 amide bonds. The molecule has 0 saturated carbocycles. The van der Waals surface area contributed by atoms with E-state index in [1.807, 2.05) is 17.5 Å². The van der Waals surface area contributed by atoms with Crippen LogP contribution in [-0.4, -0.2) is 83.7 Å². The molecule has 2 aliphatic rings. The van der Waals surface area contributed by atoms with Crippen LogP contribution in [0.1, 0.15) is 22.0 Å². The summed E-state index contributed by atoms with van der Waals surface area (Å²) in [6, 6.07) is 3.67. The Morgan fingerprint density at radius 2 is 1.97 bits per heavy atom. The highest BCUT2D eigenvalue weighted by atomic mass is 32.2. The summed E-state index contributed by atoms with van der Waals surface area (Å²) in [5.41, 5.74) is 0. The first kappa shape index (κ1) is 21.3. The molecule has 0 aromatic carbocycles. The van der Waals surface area contributed by atoms with Crippen LogP contribution in [0.5, 0.6) is 0 Å². The molecule has 12 heteroatoms. The van der Waals surface area contributed by atoms with Crippen LogP contribution in [0.15, 0.2) is 27.2 Å². The lowest BCUT2D eigenvalue weighted by Gasteiger charge is -2.34. The van der Waals surface area contributed by atoms with E-state index in [9.17, 15) is 18.0 Å². The number of nitrogens with zero attached hydrogens (tertiary/aromatic N) is 4. The number of carbonyl (C=O) groups excluding carboxylic acids is 2. The molecule has 1 unspecified atom stereocenters. The zero-order valence-corrected chi connectivity index (χ0v) is 18.7. The summed E-state index contributed by atoms with van der Waals surface area (Å²) in [6.07, 6.45) is 1.06. The van der Waals surface area contributed by atoms with E-state index in [1.165, 1.54) is 23.1 Å². The predicted molar refractivity (Wildman–Crippen MR) is 112 cm³/mol. The maximum absolute atomic E-state index is 12.5. The number of aromatic nitrogens is 2. The van der Waals surface area contributed by atoms with Gasteiger partial charge in [0.1, 0.15) is 0 Å². The van der Waals surface area contributed by atoms with E-state index in [-0.39, 0.29) is 35.0 Å². The highest BCUT2D eigenvalue weighted by Gasteiger charge is 2.29. The van der Waals surface area contributed by atoms with E-state index in [2.05, 4.69) is 10.2 Å². The molecule has 0 radical (unpaired) electrons. The van der Waals surface area contributed by atoms with Crippen LogP contribution >= 0.6 is 23.1 Å². The lowest BCUT2D eigenvalue weighted by atomic mass is 10.1. The molecule has 1 atom stereocenters. The average molecular weight is 471 g/mol. The summed E-state index contributed by atoms with van der Waals surface area (Å²) in [4.78, 5) is 29.1. The van der Waals surface area contributed by atoms with Crippen LogP contribution in [0.2, 0.25) is 0 Å². The van der Waals surface area contributed by atoms with E-state index in [1.54, 1.807) is 9.80 Å². The second-order valence-corrected chi connectivity index (χ2v) is 11.5. The molecule has 0 spiro atoms. The third kappa shape index (κ3) is 5.22. The number of carbonyl (C=O) groups is 2. The molecule has 2 fully saturated rings. The number of hydrogen-bond donors (Lipinski definition) is 0. The Hall–Kier alpha value is -1.92. The van der Waals surface area contributed by atoms with Crippen LogP contribution < -0.4 is 0 Å². The lowest BCUT2D eigenvalue weighted by Crippen LogP contribution is -2.51. The van der Waals surface area contributed by atoms with Gasteiger partial charge in [0.25, 0.3) is 11.1 Å². The van der Waals surface area contributed by atoms with Crippen LogP contribution in [0.25, 0.3) is 0 Å². The van der Waals surface area contributed by atoms with Gasteiger partial charge in [-0.25, -0.2) is 8.42 Å². The molecule has 162 valence electrons. The lowest BCUT2D eigenvalue weighted by molar-refractivity contribution is -0.129. The van der Waals surface area contributed by atoms with Crippen molar-refractivity contribution in [2.45, 2.75) is 18.1 Å². The fourth-order valence-electron chi connectivity index (χ4n) is 3.59. The molecule has 0 bridgehead atoms. The summed E-state index contributed by atoms with van der Waals surface area (Å²) >= 11 is 2.60. The van der Waals surface area contributed by atoms with E-state index in [0.29, 0.717) is 55.0 Å². The van der Waals surface area contributed by atoms with Gasteiger partial charge in [-0.15, -0.1) is 21.5 Å². The summed E-state index contributed by atoms with van der Waals surface area (Å²) in [5.74, 6) is 0.963. The molecular weight excluding hydrogens is 448 g/mol. The molecule has 2 aliphatic heterocycles. The number of rotatable bonds is 6. The number of hydrogen-bond acceptors (Lipinski definition) is 9. The monoisotopic (exact) mass is 470 g/mol. The Kier molecular flexibility index (Phi) is 6.44. The quantitative estimate of drug-likeness (QED) is 0.579. The molecule has 4 heterocycles. The van der Waals surface area contributed by atoms with Gasteiger partial charge in [-0.3, -0.25) is 9.59 Å². The Bertz CT molecular complexity index is 997. The molecule has 2 aromatic rings. The molecule has 0 N–H and O–H groups in total. The van der Waals surface area contributed by atoms with Gasteiger partial charge in [0.15, 0.2) is 9.84 Å². The van der Waals surface area contributed by atoms with Crippen LogP contribution in [0.4, 0.5) is 0 Å². The van der Waals surface area contributed by atoms with E-state index < -0.39 is 9.84 Å². The zero-order chi connectivity index (χ0) is 21.1. The summed E-state index contributed by atoms with van der Waals surface area (Å²) in [5, 5.41) is 10.1. The third-order valence-electron chi connectivity index (χ3n) is 5.21. The minimum absolute atomic E-state index is 0.0138. The van der Waals surface area contributed by atoms with E-state index >= 15 is 0 Å². The van der Waals surface area contributed by atoms with Crippen molar-refractivity contribution in [2.24, 2.45) is 5.92 Å². The molecule has 0 aliphatic carbocycles. The summed E-state index contributed by atoms with van der Waals surface area (Å²) in [6.45, 7) is 2.04. The molecule has 9 nitrogen and oxygen atoms in total. The topological polar surface area (TPSA) is 114 Å². The summed E-state index contributed by atoms with van der Waals surface area (Å²) < 4.78 is 28.7. The fourth-order valence-corrected chi connectivity index (χ4v) is 6.82. The highest BCUT2D eigenvalue weighted by molar-refractivity contribution is 7.99. The molecule has 4 rings (SSSR count). The predicted octanol–water partition coefficient (Wildman–Crippen LogP) is 1.19. The Morgan fingerprint density at radius 1 is 1.20 bits per heavy atom. The van der Waals surface area contributed by atoms with Crippen molar-refractivity contribution in [1.82, 2.24) is 20.0 Å². The van der Waals surface area contributed by atoms with Crippen molar-refractivity contribution in [3.8, 4) is 0 Å². The minimum Gasteiger partial charge on any atom is -0.416 e. The van der Waals surface area contributed by atoms with Gasteiger partial charge in [0, 0.05) is 32.6 Å². The first-order valence-electron chi connectivity index (χ1n) is 9.66. The first-order valence-corrected chi connectivity index (χ1v) is 13.3. The van der Waals surface area contributed by atoms with Gasteiger partial charge in [0.2, 0.25) is 11.8 Å². The van der Waals surface area contributed by atoms with Gasteiger partial charge in [-0.2, -0.15) is 0 Å². The van der Waals surface area contributed by atoms with Gasteiger partial charge in [-0.05, 0) is 23.8 Å². The minimum atomic E-state index is -2.93. The Labute approximate surface area is 182 Å². The molecule has 2 aromatic heterocycles. The van der Waals surface area contributed by atoms with Crippen molar-refractivity contribution in [1.29, 1.82) is 0 Å². The zero-order valence-electron chi connectivity index (χ0n) is 16.2. The second kappa shape index (κ2) is 9.06. The molecule has 30 heavy (non-hydrogen) atoms. The average Bonchev–Trinajstić information content (AvgIpc) is 3.48. The Balaban J connectivity index is 1.21. The SMILES string of the molecule is O=C(CSc1nnc(CC2CCS(=O)(=O)C2)o1)N1CCN(C(=O)c2cccs2)CC1. The van der Waals surface area contributed by atoms with Crippen molar-refractivity contribution >= 4 is 44.8 Å². The summed E-state index contributed by atoms with van der Waals surface area (Å²) in [7, 11) is -2.93. The van der Waals surface area contributed by atoms with Crippen LogP contribution in [-0.2, 0) is 21.1 Å². The van der Waals surface area contributed by atoms with Gasteiger partial charge in [0.05, 0.1) is 22.1 Å². The molecular formula is C18H22N4O5S3. The normalized spacial score (nSPS) is 21.1. The van der Waals surface area contributed by atoms with Crippen molar-refractivity contribution in [3.63, 3.8) is 0 Å². The van der Waals surface area contributed by atoms with Gasteiger partial charge < -0.3 is 14.2 Å². The van der Waals surface area contributed by atoms with E-state index in [4.69, 9.17) is 4.42 Å². The van der Waals surface area contributed by atoms with Crippen molar-refractivity contribution in [2.75, 3.05) is 43.4 Å². The van der Waals surface area contributed by atoms with Gasteiger partial charge in [-0.1, -0.05) is 17.8 Å². The van der Waals surface area contributed by atoms with E-state index in [0.717, 1.165) is 0 Å².